The molecule has 0 bridgehead atoms. The Hall–Kier alpha value is -2.58. The van der Waals surface area contributed by atoms with Crippen molar-refractivity contribution in [1.29, 1.82) is 0 Å². The molecule has 2 rings (SSSR count). The molecule has 0 heterocycles. The zero-order valence-electron chi connectivity index (χ0n) is 15.0. The van der Waals surface area contributed by atoms with Crippen molar-refractivity contribution >= 4 is 44.9 Å². The number of esters is 1. The fourth-order valence-electron chi connectivity index (χ4n) is 2.49. The Balaban J connectivity index is 2.32. The highest BCUT2D eigenvalue weighted by molar-refractivity contribution is 7.92. The average Bonchev–Trinajstić information content (AvgIpc) is 2.62. The van der Waals surface area contributed by atoms with Crippen LogP contribution in [0.15, 0.2) is 48.5 Å². The summed E-state index contributed by atoms with van der Waals surface area (Å²) in [5, 5.41) is 2.77. The second-order valence-corrected chi connectivity index (χ2v) is 8.01. The second-order valence-electron chi connectivity index (χ2n) is 5.75. The lowest BCUT2D eigenvalue weighted by Gasteiger charge is -2.28. The molecule has 0 spiro atoms. The molecule has 0 aromatic heterocycles. The van der Waals surface area contributed by atoms with Gasteiger partial charge in [0.05, 0.1) is 35.3 Å². The van der Waals surface area contributed by atoms with Gasteiger partial charge in [-0.25, -0.2) is 13.2 Å². The normalized spacial score (nSPS) is 12.1. The van der Waals surface area contributed by atoms with Crippen LogP contribution in [0.2, 0.25) is 5.02 Å². The summed E-state index contributed by atoms with van der Waals surface area (Å²) >= 11 is 6.08. The molecule has 27 heavy (non-hydrogen) atoms. The lowest BCUT2D eigenvalue weighted by atomic mass is 10.2. The van der Waals surface area contributed by atoms with Crippen LogP contribution in [-0.2, 0) is 19.6 Å². The van der Waals surface area contributed by atoms with Crippen LogP contribution in [0, 0.1) is 0 Å². The monoisotopic (exact) mass is 410 g/mol. The molecule has 2 aromatic rings. The van der Waals surface area contributed by atoms with E-state index >= 15 is 0 Å². The summed E-state index contributed by atoms with van der Waals surface area (Å²) in [6.45, 7) is 1.46. The summed E-state index contributed by atoms with van der Waals surface area (Å²) < 4.78 is 30.1. The molecule has 0 radical (unpaired) electrons. The molecule has 0 aliphatic heterocycles. The van der Waals surface area contributed by atoms with Crippen molar-refractivity contribution < 1.29 is 22.7 Å². The first kappa shape index (κ1) is 20.7. The fourth-order valence-corrected chi connectivity index (χ4v) is 3.83. The molecule has 0 unspecified atom stereocenters. The van der Waals surface area contributed by atoms with Crippen LogP contribution in [0.1, 0.15) is 17.3 Å². The van der Waals surface area contributed by atoms with Gasteiger partial charge in [0.1, 0.15) is 6.04 Å². The number of nitrogens with zero attached hydrogens (tertiary/aromatic N) is 1. The number of amides is 1. The molecule has 1 N–H and O–H groups in total. The van der Waals surface area contributed by atoms with Gasteiger partial charge in [-0.1, -0.05) is 29.8 Å². The lowest BCUT2D eigenvalue weighted by molar-refractivity contribution is -0.116. The Bertz CT molecular complexity index is 947. The highest BCUT2D eigenvalue weighted by Crippen LogP contribution is 2.25. The van der Waals surface area contributed by atoms with Gasteiger partial charge in [-0.15, -0.1) is 0 Å². The Labute approximate surface area is 162 Å². The molecule has 0 aliphatic carbocycles. The van der Waals surface area contributed by atoms with Crippen LogP contribution in [0.3, 0.4) is 0 Å². The number of ether oxygens (including phenoxy) is 1. The summed E-state index contributed by atoms with van der Waals surface area (Å²) in [7, 11) is -2.49. The number of halogens is 1. The first-order chi connectivity index (χ1) is 12.6. The van der Waals surface area contributed by atoms with Crippen molar-refractivity contribution in [3.05, 3.63) is 59.1 Å². The molecular weight excluding hydrogens is 392 g/mol. The molecule has 7 nitrogen and oxygen atoms in total. The third kappa shape index (κ3) is 4.99. The SMILES string of the molecule is COC(=O)c1ccc(Cl)c(NC(=O)[C@H](C)N(c2ccccc2)S(C)(=O)=O)c1. The van der Waals surface area contributed by atoms with Gasteiger partial charge in [0, 0.05) is 0 Å². The number of carbonyl (C=O) groups excluding carboxylic acids is 2. The number of anilines is 2. The molecule has 144 valence electrons. The van der Waals surface area contributed by atoms with Gasteiger partial charge in [-0.05, 0) is 37.3 Å². The van der Waals surface area contributed by atoms with Gasteiger partial charge in [0.25, 0.3) is 0 Å². The van der Waals surface area contributed by atoms with Crippen LogP contribution in [-0.4, -0.2) is 39.7 Å². The van der Waals surface area contributed by atoms with E-state index in [0.29, 0.717) is 5.69 Å². The van der Waals surface area contributed by atoms with Gasteiger partial charge >= 0.3 is 5.97 Å². The van der Waals surface area contributed by atoms with E-state index in [1.807, 2.05) is 0 Å². The molecule has 0 saturated carbocycles. The topological polar surface area (TPSA) is 92.8 Å². The predicted molar refractivity (Wildman–Crippen MR) is 105 cm³/mol. The fraction of sp³-hybridized carbons (Fsp3) is 0.222. The maximum Gasteiger partial charge on any atom is 0.337 e. The largest absolute Gasteiger partial charge is 0.465 e. The number of hydrogen-bond acceptors (Lipinski definition) is 5. The van der Waals surface area contributed by atoms with E-state index in [9.17, 15) is 18.0 Å². The molecule has 2 aromatic carbocycles. The van der Waals surface area contributed by atoms with Gasteiger partial charge in [0.2, 0.25) is 15.9 Å². The van der Waals surface area contributed by atoms with Crippen molar-refractivity contribution in [2.75, 3.05) is 23.0 Å². The quantitative estimate of drug-likeness (QED) is 0.739. The molecular formula is C18H19ClN2O5S. The van der Waals surface area contributed by atoms with E-state index in [1.165, 1.54) is 32.2 Å². The van der Waals surface area contributed by atoms with Crippen LogP contribution in [0.25, 0.3) is 0 Å². The number of para-hydroxylation sites is 1. The molecule has 0 saturated heterocycles. The summed E-state index contributed by atoms with van der Waals surface area (Å²) in [6, 6.07) is 11.5. The highest BCUT2D eigenvalue weighted by Gasteiger charge is 2.29. The predicted octanol–water partition coefficient (Wildman–Crippen LogP) is 2.92. The van der Waals surface area contributed by atoms with E-state index in [1.54, 1.807) is 30.3 Å². The Kier molecular flexibility index (Phi) is 6.45. The third-order valence-corrected chi connectivity index (χ3v) is 5.32. The van der Waals surface area contributed by atoms with Gasteiger partial charge in [0.15, 0.2) is 0 Å². The standard InChI is InChI=1S/C18H19ClN2O5S/c1-12(21(27(3,24)25)14-7-5-4-6-8-14)17(22)20-16-11-13(18(23)26-2)9-10-15(16)19/h4-12H,1-3H3,(H,20,22)/t12-/m0/s1. The number of rotatable bonds is 6. The van der Waals surface area contributed by atoms with Gasteiger partial charge in [-0.3, -0.25) is 9.10 Å². The van der Waals surface area contributed by atoms with Crippen molar-refractivity contribution in [3.8, 4) is 0 Å². The first-order valence-electron chi connectivity index (χ1n) is 7.88. The van der Waals surface area contributed by atoms with Gasteiger partial charge < -0.3 is 10.1 Å². The van der Waals surface area contributed by atoms with Crippen molar-refractivity contribution in [3.63, 3.8) is 0 Å². The lowest BCUT2D eigenvalue weighted by Crippen LogP contribution is -2.45. The summed E-state index contributed by atoms with van der Waals surface area (Å²) in [5.41, 5.74) is 0.739. The van der Waals surface area contributed by atoms with Crippen molar-refractivity contribution in [2.24, 2.45) is 0 Å². The van der Waals surface area contributed by atoms with E-state index in [2.05, 4.69) is 10.1 Å². The zero-order valence-corrected chi connectivity index (χ0v) is 16.5. The Morgan fingerprint density at radius 1 is 1.15 bits per heavy atom. The molecule has 1 amide bonds. The van der Waals surface area contributed by atoms with Crippen LogP contribution in [0.5, 0.6) is 0 Å². The van der Waals surface area contributed by atoms with E-state index in [-0.39, 0.29) is 16.3 Å². The van der Waals surface area contributed by atoms with E-state index < -0.39 is 27.9 Å². The number of nitrogens with one attached hydrogen (secondary N) is 1. The number of sulfonamides is 1. The first-order valence-corrected chi connectivity index (χ1v) is 10.1. The molecule has 0 aliphatic rings. The van der Waals surface area contributed by atoms with Crippen LogP contribution in [0.4, 0.5) is 11.4 Å². The number of benzene rings is 2. The number of hydrogen-bond donors (Lipinski definition) is 1. The average molecular weight is 411 g/mol. The maximum atomic E-state index is 12.7. The number of carbonyl (C=O) groups is 2. The van der Waals surface area contributed by atoms with E-state index in [0.717, 1.165) is 10.6 Å². The zero-order chi connectivity index (χ0) is 20.2. The smallest absolute Gasteiger partial charge is 0.337 e. The Morgan fingerprint density at radius 2 is 1.78 bits per heavy atom. The summed E-state index contributed by atoms with van der Waals surface area (Å²) in [5.74, 6) is -1.19. The highest BCUT2D eigenvalue weighted by atomic mass is 35.5. The van der Waals surface area contributed by atoms with Crippen LogP contribution >= 0.6 is 11.6 Å². The van der Waals surface area contributed by atoms with Crippen LogP contribution < -0.4 is 9.62 Å². The van der Waals surface area contributed by atoms with Gasteiger partial charge in [-0.2, -0.15) is 0 Å². The second kappa shape index (κ2) is 8.41. The minimum atomic E-state index is -3.72. The molecule has 9 heteroatoms. The number of methoxy groups -OCH3 is 1. The van der Waals surface area contributed by atoms with Crippen molar-refractivity contribution in [2.45, 2.75) is 13.0 Å². The van der Waals surface area contributed by atoms with Crippen molar-refractivity contribution in [1.82, 2.24) is 0 Å². The third-order valence-electron chi connectivity index (χ3n) is 3.74. The molecule has 0 fully saturated rings. The molecule has 1 atom stereocenters. The summed E-state index contributed by atoms with van der Waals surface area (Å²) in [4.78, 5) is 24.3. The minimum absolute atomic E-state index is 0.179. The minimum Gasteiger partial charge on any atom is -0.465 e. The maximum absolute atomic E-state index is 12.7. The summed E-state index contributed by atoms with van der Waals surface area (Å²) in [6.07, 6.45) is 1.02. The Morgan fingerprint density at radius 3 is 2.33 bits per heavy atom. The van der Waals surface area contributed by atoms with E-state index in [4.69, 9.17) is 11.6 Å².